The number of esters is 1. The van der Waals surface area contributed by atoms with Crippen LogP contribution in [0.25, 0.3) is 0 Å². The van der Waals surface area contributed by atoms with Gasteiger partial charge in [-0.1, -0.05) is 6.08 Å². The van der Waals surface area contributed by atoms with E-state index in [2.05, 4.69) is 6.58 Å². The van der Waals surface area contributed by atoms with E-state index in [4.69, 9.17) is 16.3 Å². The molecule has 0 amide bonds. The van der Waals surface area contributed by atoms with Crippen LogP contribution in [0.3, 0.4) is 0 Å². The Balaban J connectivity index is 3.46. The molecule has 70 valence electrons. The largest absolute Gasteiger partial charge is 0.462 e. The SMILES string of the molecule is C=CCC(C)OC(=O)CCCCl. The van der Waals surface area contributed by atoms with Crippen molar-refractivity contribution in [1.29, 1.82) is 0 Å². The molecule has 0 saturated carbocycles. The van der Waals surface area contributed by atoms with Crippen molar-refractivity contribution >= 4 is 17.6 Å². The fourth-order valence-electron chi connectivity index (χ4n) is 0.777. The number of alkyl halides is 1. The maximum Gasteiger partial charge on any atom is 0.306 e. The first-order valence-corrected chi connectivity index (χ1v) is 4.60. The van der Waals surface area contributed by atoms with E-state index < -0.39 is 0 Å². The Labute approximate surface area is 78.5 Å². The van der Waals surface area contributed by atoms with Gasteiger partial charge < -0.3 is 4.74 Å². The highest BCUT2D eigenvalue weighted by Crippen LogP contribution is 2.02. The number of hydrogen-bond acceptors (Lipinski definition) is 2. The average molecular weight is 191 g/mol. The van der Waals surface area contributed by atoms with E-state index >= 15 is 0 Å². The third kappa shape index (κ3) is 6.23. The molecule has 0 aliphatic heterocycles. The Morgan fingerprint density at radius 2 is 2.42 bits per heavy atom. The molecule has 0 aliphatic rings. The van der Waals surface area contributed by atoms with Crippen molar-refractivity contribution < 1.29 is 9.53 Å². The Morgan fingerprint density at radius 1 is 1.75 bits per heavy atom. The third-order valence-corrected chi connectivity index (χ3v) is 1.61. The number of ether oxygens (including phenoxy) is 1. The predicted octanol–water partition coefficient (Wildman–Crippen LogP) is 2.51. The summed E-state index contributed by atoms with van der Waals surface area (Å²) >= 11 is 5.42. The van der Waals surface area contributed by atoms with Gasteiger partial charge in [0, 0.05) is 18.7 Å². The van der Waals surface area contributed by atoms with Crippen molar-refractivity contribution in [1.82, 2.24) is 0 Å². The summed E-state index contributed by atoms with van der Waals surface area (Å²) in [6, 6.07) is 0. The van der Waals surface area contributed by atoms with E-state index in [0.717, 1.165) is 0 Å². The lowest BCUT2D eigenvalue weighted by atomic mass is 10.3. The summed E-state index contributed by atoms with van der Waals surface area (Å²) in [6.07, 6.45) is 3.46. The Kier molecular flexibility index (Phi) is 6.87. The molecule has 0 spiro atoms. The third-order valence-electron chi connectivity index (χ3n) is 1.35. The molecule has 0 bridgehead atoms. The van der Waals surface area contributed by atoms with Gasteiger partial charge >= 0.3 is 5.97 Å². The smallest absolute Gasteiger partial charge is 0.306 e. The normalized spacial score (nSPS) is 12.2. The molecule has 0 N–H and O–H groups in total. The topological polar surface area (TPSA) is 26.3 Å². The van der Waals surface area contributed by atoms with E-state index in [0.29, 0.717) is 25.1 Å². The van der Waals surface area contributed by atoms with Gasteiger partial charge in [-0.3, -0.25) is 4.79 Å². The molecule has 0 fully saturated rings. The molecular weight excluding hydrogens is 176 g/mol. The summed E-state index contributed by atoms with van der Waals surface area (Å²) < 4.78 is 5.02. The standard InChI is InChI=1S/C9H15ClO2/c1-3-5-8(2)12-9(11)6-4-7-10/h3,8H,1,4-7H2,2H3. The summed E-state index contributed by atoms with van der Waals surface area (Å²) in [4.78, 5) is 11.0. The van der Waals surface area contributed by atoms with Crippen LogP contribution < -0.4 is 0 Å². The second-order valence-electron chi connectivity index (χ2n) is 2.62. The minimum Gasteiger partial charge on any atom is -0.462 e. The molecule has 0 aromatic rings. The van der Waals surface area contributed by atoms with Crippen molar-refractivity contribution in [2.45, 2.75) is 32.3 Å². The van der Waals surface area contributed by atoms with Crippen LogP contribution in [0.1, 0.15) is 26.2 Å². The summed E-state index contributed by atoms with van der Waals surface area (Å²) in [5.74, 6) is 0.329. The zero-order valence-corrected chi connectivity index (χ0v) is 8.14. The Morgan fingerprint density at radius 3 is 2.92 bits per heavy atom. The lowest BCUT2D eigenvalue weighted by Gasteiger charge is -2.10. The predicted molar refractivity (Wildman–Crippen MR) is 50.3 cm³/mol. The van der Waals surface area contributed by atoms with E-state index in [-0.39, 0.29) is 12.1 Å². The fourth-order valence-corrected chi connectivity index (χ4v) is 0.911. The van der Waals surface area contributed by atoms with E-state index in [9.17, 15) is 4.79 Å². The zero-order chi connectivity index (χ0) is 9.40. The highest BCUT2D eigenvalue weighted by molar-refractivity contribution is 6.17. The van der Waals surface area contributed by atoms with Gasteiger partial charge in [0.25, 0.3) is 0 Å². The van der Waals surface area contributed by atoms with Crippen LogP contribution >= 0.6 is 11.6 Å². The van der Waals surface area contributed by atoms with Crippen molar-refractivity contribution in [2.75, 3.05) is 5.88 Å². The monoisotopic (exact) mass is 190 g/mol. The molecule has 0 heterocycles. The first-order valence-electron chi connectivity index (χ1n) is 4.07. The highest BCUT2D eigenvalue weighted by atomic mass is 35.5. The lowest BCUT2D eigenvalue weighted by Crippen LogP contribution is -2.13. The van der Waals surface area contributed by atoms with Crippen molar-refractivity contribution in [3.05, 3.63) is 12.7 Å². The number of carbonyl (C=O) groups excluding carboxylic acids is 1. The quantitative estimate of drug-likeness (QED) is 0.366. The van der Waals surface area contributed by atoms with Gasteiger partial charge in [0.2, 0.25) is 0 Å². The van der Waals surface area contributed by atoms with E-state index in [1.165, 1.54) is 0 Å². The molecular formula is C9H15ClO2. The number of halogens is 1. The van der Waals surface area contributed by atoms with Gasteiger partial charge in [-0.2, -0.15) is 0 Å². The molecule has 0 radical (unpaired) electrons. The Hall–Kier alpha value is -0.500. The first-order chi connectivity index (χ1) is 5.70. The van der Waals surface area contributed by atoms with E-state index in [1.807, 2.05) is 6.92 Å². The molecule has 0 saturated heterocycles. The molecule has 3 heteroatoms. The van der Waals surface area contributed by atoms with Crippen LogP contribution in [0.15, 0.2) is 12.7 Å². The van der Waals surface area contributed by atoms with E-state index in [1.54, 1.807) is 6.08 Å². The summed E-state index contributed by atoms with van der Waals surface area (Å²) in [5, 5.41) is 0. The second kappa shape index (κ2) is 7.17. The molecule has 2 nitrogen and oxygen atoms in total. The van der Waals surface area contributed by atoms with Crippen molar-refractivity contribution in [3.8, 4) is 0 Å². The zero-order valence-electron chi connectivity index (χ0n) is 7.38. The van der Waals surface area contributed by atoms with Gasteiger partial charge in [-0.05, 0) is 13.3 Å². The van der Waals surface area contributed by atoms with Gasteiger partial charge in [-0.25, -0.2) is 0 Å². The van der Waals surface area contributed by atoms with Crippen molar-refractivity contribution in [3.63, 3.8) is 0 Å². The van der Waals surface area contributed by atoms with Crippen molar-refractivity contribution in [2.24, 2.45) is 0 Å². The first kappa shape index (κ1) is 11.5. The lowest BCUT2D eigenvalue weighted by molar-refractivity contribution is -0.148. The van der Waals surface area contributed by atoms with Gasteiger partial charge in [0.05, 0.1) is 0 Å². The summed E-state index contributed by atoms with van der Waals surface area (Å²) in [5.41, 5.74) is 0. The number of carbonyl (C=O) groups is 1. The molecule has 1 unspecified atom stereocenters. The molecule has 12 heavy (non-hydrogen) atoms. The maximum atomic E-state index is 11.0. The number of rotatable bonds is 6. The maximum absolute atomic E-state index is 11.0. The summed E-state index contributed by atoms with van der Waals surface area (Å²) in [6.45, 7) is 5.41. The molecule has 0 aliphatic carbocycles. The van der Waals surface area contributed by atoms with Gasteiger partial charge in [0.15, 0.2) is 0 Å². The average Bonchev–Trinajstić information content (AvgIpc) is 2.01. The minimum absolute atomic E-state index is 0.0645. The van der Waals surface area contributed by atoms with Crippen LogP contribution in [-0.4, -0.2) is 18.0 Å². The van der Waals surface area contributed by atoms with Crippen LogP contribution in [0, 0.1) is 0 Å². The fraction of sp³-hybridized carbons (Fsp3) is 0.667. The van der Waals surface area contributed by atoms with Gasteiger partial charge in [-0.15, -0.1) is 18.2 Å². The molecule has 0 aromatic carbocycles. The summed E-state index contributed by atoms with van der Waals surface area (Å²) in [7, 11) is 0. The Bertz CT molecular complexity index is 145. The minimum atomic E-state index is -0.176. The molecule has 0 rings (SSSR count). The van der Waals surface area contributed by atoms with Crippen LogP contribution in [0.2, 0.25) is 0 Å². The van der Waals surface area contributed by atoms with Gasteiger partial charge in [0.1, 0.15) is 6.10 Å². The molecule has 0 aromatic heterocycles. The highest BCUT2D eigenvalue weighted by Gasteiger charge is 2.06. The van der Waals surface area contributed by atoms with Crippen LogP contribution in [0.4, 0.5) is 0 Å². The van der Waals surface area contributed by atoms with Crippen LogP contribution in [0.5, 0.6) is 0 Å². The molecule has 1 atom stereocenters. The number of hydrogen-bond donors (Lipinski definition) is 0. The van der Waals surface area contributed by atoms with Crippen LogP contribution in [-0.2, 0) is 9.53 Å². The second-order valence-corrected chi connectivity index (χ2v) is 3.00.